The number of fused-ring (bicyclic) bond motifs is 1. The molecule has 1 aliphatic rings. The lowest BCUT2D eigenvalue weighted by Gasteiger charge is -2.13. The van der Waals surface area contributed by atoms with Crippen LogP contribution in [0.5, 0.6) is 0 Å². The van der Waals surface area contributed by atoms with E-state index in [-0.39, 0.29) is 10.6 Å². The van der Waals surface area contributed by atoms with Crippen molar-refractivity contribution in [3.63, 3.8) is 0 Å². The minimum Gasteiger partial charge on any atom is -0.384 e. The Morgan fingerprint density at radius 3 is 2.84 bits per heavy atom. The van der Waals surface area contributed by atoms with Gasteiger partial charge in [0.25, 0.3) is 5.69 Å². The van der Waals surface area contributed by atoms with E-state index in [0.29, 0.717) is 10.8 Å². The van der Waals surface area contributed by atoms with Crippen molar-refractivity contribution in [2.45, 2.75) is 19.8 Å². The van der Waals surface area contributed by atoms with E-state index < -0.39 is 0 Å². The highest BCUT2D eigenvalue weighted by Crippen LogP contribution is 2.45. The lowest BCUT2D eigenvalue weighted by atomic mass is 10.1. The van der Waals surface area contributed by atoms with Gasteiger partial charge in [0, 0.05) is 36.1 Å². The predicted octanol–water partition coefficient (Wildman–Crippen LogP) is 3.36. The van der Waals surface area contributed by atoms with Gasteiger partial charge in [0.2, 0.25) is 0 Å². The molecule has 1 heterocycles. The minimum absolute atomic E-state index is 0.103. The number of rotatable bonds is 4. The van der Waals surface area contributed by atoms with E-state index >= 15 is 0 Å². The number of nitro benzene ring substituents is 1. The van der Waals surface area contributed by atoms with E-state index in [2.05, 4.69) is 17.2 Å². The summed E-state index contributed by atoms with van der Waals surface area (Å²) in [4.78, 5) is 14.6. The summed E-state index contributed by atoms with van der Waals surface area (Å²) in [6.07, 6.45) is 5.70. The third-order valence-corrected chi connectivity index (χ3v) is 3.80. The van der Waals surface area contributed by atoms with Crippen LogP contribution in [0.4, 0.5) is 11.4 Å². The van der Waals surface area contributed by atoms with Crippen LogP contribution in [-0.4, -0.2) is 16.5 Å². The molecule has 1 fully saturated rings. The van der Waals surface area contributed by atoms with E-state index in [1.54, 1.807) is 24.5 Å². The zero-order valence-corrected chi connectivity index (χ0v) is 10.7. The molecule has 1 aliphatic carbocycles. The van der Waals surface area contributed by atoms with E-state index in [1.165, 1.54) is 12.8 Å². The highest BCUT2D eigenvalue weighted by molar-refractivity contribution is 5.99. The summed E-state index contributed by atoms with van der Waals surface area (Å²) in [6, 6.07) is 5.15. The second-order valence-electron chi connectivity index (χ2n) is 5.47. The van der Waals surface area contributed by atoms with Crippen LogP contribution < -0.4 is 5.32 Å². The van der Waals surface area contributed by atoms with E-state index in [1.807, 2.05) is 6.07 Å². The van der Waals surface area contributed by atoms with Gasteiger partial charge in [-0.25, -0.2) is 0 Å². The lowest BCUT2D eigenvalue weighted by Crippen LogP contribution is -2.12. The van der Waals surface area contributed by atoms with Crippen LogP contribution in [0.15, 0.2) is 30.6 Å². The SMILES string of the molecule is CC1(CNc2ccc([N+](=O)[O-])c3cnccc23)CC1. The Hall–Kier alpha value is -2.17. The number of benzene rings is 1. The number of hydrogen-bond donors (Lipinski definition) is 1. The Morgan fingerprint density at radius 1 is 1.37 bits per heavy atom. The molecule has 1 aromatic carbocycles. The number of nitrogens with zero attached hydrogens (tertiary/aromatic N) is 2. The summed E-state index contributed by atoms with van der Waals surface area (Å²) in [7, 11) is 0. The molecule has 0 atom stereocenters. The van der Waals surface area contributed by atoms with Crippen LogP contribution in [0.25, 0.3) is 10.8 Å². The van der Waals surface area contributed by atoms with Gasteiger partial charge >= 0.3 is 0 Å². The van der Waals surface area contributed by atoms with E-state index in [4.69, 9.17) is 0 Å². The monoisotopic (exact) mass is 257 g/mol. The maximum Gasteiger partial charge on any atom is 0.278 e. The molecular weight excluding hydrogens is 242 g/mol. The molecule has 3 rings (SSSR count). The van der Waals surface area contributed by atoms with Gasteiger partial charge < -0.3 is 5.32 Å². The number of aromatic nitrogens is 1. The molecule has 98 valence electrons. The molecule has 0 saturated heterocycles. The van der Waals surface area contributed by atoms with Gasteiger partial charge in [-0.2, -0.15) is 0 Å². The fourth-order valence-electron chi connectivity index (χ4n) is 2.19. The van der Waals surface area contributed by atoms with Crippen molar-refractivity contribution < 1.29 is 4.92 Å². The standard InChI is InChI=1S/C14H15N3O2/c1-14(5-6-14)9-16-12-2-3-13(17(18)19)11-8-15-7-4-10(11)12/h2-4,7-8,16H,5-6,9H2,1H3. The minimum atomic E-state index is -0.365. The molecule has 5 nitrogen and oxygen atoms in total. The first-order valence-electron chi connectivity index (χ1n) is 6.34. The van der Waals surface area contributed by atoms with Gasteiger partial charge in [0.15, 0.2) is 0 Å². The molecule has 1 saturated carbocycles. The molecule has 2 aromatic rings. The quantitative estimate of drug-likeness (QED) is 0.673. The van der Waals surface area contributed by atoms with Crippen molar-refractivity contribution in [3.8, 4) is 0 Å². The predicted molar refractivity (Wildman–Crippen MR) is 74.2 cm³/mol. The number of nitro groups is 1. The first-order valence-corrected chi connectivity index (χ1v) is 6.34. The molecule has 1 N–H and O–H groups in total. The van der Waals surface area contributed by atoms with Crippen LogP contribution in [0.1, 0.15) is 19.8 Å². The average molecular weight is 257 g/mol. The summed E-state index contributed by atoms with van der Waals surface area (Å²) >= 11 is 0. The van der Waals surface area contributed by atoms with Crippen LogP contribution in [0, 0.1) is 15.5 Å². The summed E-state index contributed by atoms with van der Waals surface area (Å²) in [5.74, 6) is 0. The molecular formula is C14H15N3O2. The van der Waals surface area contributed by atoms with E-state index in [9.17, 15) is 10.1 Å². The zero-order valence-electron chi connectivity index (χ0n) is 10.7. The molecule has 1 aromatic heterocycles. The van der Waals surface area contributed by atoms with Crippen molar-refractivity contribution in [1.29, 1.82) is 0 Å². The summed E-state index contributed by atoms with van der Waals surface area (Å²) in [5, 5.41) is 15.9. The largest absolute Gasteiger partial charge is 0.384 e. The fraction of sp³-hybridized carbons (Fsp3) is 0.357. The Bertz CT molecular complexity index is 650. The average Bonchev–Trinajstić information content (AvgIpc) is 3.14. The molecule has 0 spiro atoms. The third kappa shape index (κ3) is 2.23. The summed E-state index contributed by atoms with van der Waals surface area (Å²) < 4.78 is 0. The highest BCUT2D eigenvalue weighted by Gasteiger charge is 2.36. The normalized spacial score (nSPS) is 16.3. The van der Waals surface area contributed by atoms with Gasteiger partial charge in [-0.15, -0.1) is 0 Å². The number of non-ortho nitro benzene ring substituents is 1. The van der Waals surface area contributed by atoms with Gasteiger partial charge in [-0.3, -0.25) is 15.1 Å². The maximum atomic E-state index is 11.0. The Morgan fingerprint density at radius 2 is 2.16 bits per heavy atom. The second kappa shape index (κ2) is 4.19. The van der Waals surface area contributed by atoms with Gasteiger partial charge in [-0.05, 0) is 30.4 Å². The molecule has 19 heavy (non-hydrogen) atoms. The first kappa shape index (κ1) is 11.9. The van der Waals surface area contributed by atoms with E-state index in [0.717, 1.165) is 17.6 Å². The first-order chi connectivity index (χ1) is 9.09. The van der Waals surface area contributed by atoms with Crippen LogP contribution in [0.2, 0.25) is 0 Å². The van der Waals surface area contributed by atoms with Crippen molar-refractivity contribution >= 4 is 22.1 Å². The topological polar surface area (TPSA) is 68.1 Å². The molecule has 0 bridgehead atoms. The molecule has 0 amide bonds. The van der Waals surface area contributed by atoms with Crippen molar-refractivity contribution in [2.75, 3.05) is 11.9 Å². The van der Waals surface area contributed by atoms with Crippen molar-refractivity contribution in [1.82, 2.24) is 4.98 Å². The third-order valence-electron chi connectivity index (χ3n) is 3.80. The summed E-state index contributed by atoms with van der Waals surface area (Å²) in [5.41, 5.74) is 1.43. The number of nitrogens with one attached hydrogen (secondary N) is 1. The second-order valence-corrected chi connectivity index (χ2v) is 5.47. The van der Waals surface area contributed by atoms with Crippen LogP contribution >= 0.6 is 0 Å². The number of anilines is 1. The Balaban J connectivity index is 2.01. The number of pyridine rings is 1. The Labute approximate surface area is 110 Å². The maximum absolute atomic E-state index is 11.0. The molecule has 0 aliphatic heterocycles. The molecule has 0 radical (unpaired) electrons. The van der Waals surface area contributed by atoms with Crippen LogP contribution in [0.3, 0.4) is 0 Å². The van der Waals surface area contributed by atoms with Crippen molar-refractivity contribution in [3.05, 3.63) is 40.7 Å². The van der Waals surface area contributed by atoms with Gasteiger partial charge in [0.1, 0.15) is 0 Å². The number of hydrogen-bond acceptors (Lipinski definition) is 4. The fourth-order valence-corrected chi connectivity index (χ4v) is 2.19. The van der Waals surface area contributed by atoms with Crippen molar-refractivity contribution in [2.24, 2.45) is 5.41 Å². The zero-order chi connectivity index (χ0) is 13.5. The summed E-state index contributed by atoms with van der Waals surface area (Å²) in [6.45, 7) is 3.15. The smallest absolute Gasteiger partial charge is 0.278 e. The van der Waals surface area contributed by atoms with Gasteiger partial charge in [0.05, 0.1) is 10.3 Å². The lowest BCUT2D eigenvalue weighted by molar-refractivity contribution is -0.383. The molecule has 5 heteroatoms. The Kier molecular flexibility index (Phi) is 2.62. The van der Waals surface area contributed by atoms with Gasteiger partial charge in [-0.1, -0.05) is 6.92 Å². The molecule has 0 unspecified atom stereocenters. The highest BCUT2D eigenvalue weighted by atomic mass is 16.6. The van der Waals surface area contributed by atoms with Crippen LogP contribution in [-0.2, 0) is 0 Å².